The molecule has 0 amide bonds. The minimum Gasteiger partial charge on any atom is -0.263 e. The van der Waals surface area contributed by atoms with E-state index >= 15 is 0 Å². The minimum absolute atomic E-state index is 0.0371. The summed E-state index contributed by atoms with van der Waals surface area (Å²) in [5, 5.41) is 0. The molecule has 1 heterocycles. The fourth-order valence-electron chi connectivity index (χ4n) is 1.98. The lowest BCUT2D eigenvalue weighted by atomic mass is 10.1. The summed E-state index contributed by atoms with van der Waals surface area (Å²) in [5.41, 5.74) is 0.540. The molecule has 0 aliphatic heterocycles. The van der Waals surface area contributed by atoms with E-state index in [0.29, 0.717) is 0 Å². The summed E-state index contributed by atoms with van der Waals surface area (Å²) in [6, 6.07) is 6.02. The summed E-state index contributed by atoms with van der Waals surface area (Å²) in [7, 11) is -3.95. The van der Waals surface area contributed by atoms with Gasteiger partial charge in [0.15, 0.2) is 0 Å². The molecule has 0 saturated carbocycles. The zero-order chi connectivity index (χ0) is 14.9. The van der Waals surface area contributed by atoms with Gasteiger partial charge in [-0.3, -0.25) is 4.72 Å². The van der Waals surface area contributed by atoms with Gasteiger partial charge in [-0.15, -0.1) is 0 Å². The van der Waals surface area contributed by atoms with Crippen LogP contribution in [0.4, 0.5) is 14.6 Å². The maximum atomic E-state index is 13.2. The van der Waals surface area contributed by atoms with Crippen molar-refractivity contribution in [3.63, 3.8) is 0 Å². The molecule has 1 N–H and O–H groups in total. The third-order valence-electron chi connectivity index (χ3n) is 2.65. The first-order valence-corrected chi connectivity index (χ1v) is 7.20. The van der Waals surface area contributed by atoms with Gasteiger partial charge in [-0.25, -0.2) is 17.8 Å². The highest BCUT2D eigenvalue weighted by Crippen LogP contribution is 2.23. The van der Waals surface area contributed by atoms with Crippen LogP contribution >= 0.6 is 0 Å². The Morgan fingerprint density at radius 1 is 1.10 bits per heavy atom. The van der Waals surface area contributed by atoms with E-state index in [2.05, 4.69) is 9.71 Å². The Morgan fingerprint density at radius 2 is 1.70 bits per heavy atom. The number of hydrogen-bond donors (Lipinski definition) is 1. The van der Waals surface area contributed by atoms with E-state index in [1.165, 1.54) is 26.0 Å². The van der Waals surface area contributed by atoms with Gasteiger partial charge in [0.2, 0.25) is 5.95 Å². The normalized spacial score (nSPS) is 11.4. The fraction of sp³-hybridized carbons (Fsp3) is 0.154. The van der Waals surface area contributed by atoms with Crippen molar-refractivity contribution in [2.24, 2.45) is 0 Å². The third kappa shape index (κ3) is 2.93. The van der Waals surface area contributed by atoms with Crippen LogP contribution in [0.1, 0.15) is 11.1 Å². The lowest BCUT2D eigenvalue weighted by Gasteiger charge is -2.12. The van der Waals surface area contributed by atoms with Crippen molar-refractivity contribution in [1.82, 2.24) is 4.98 Å². The summed E-state index contributed by atoms with van der Waals surface area (Å²) >= 11 is 0. The van der Waals surface area contributed by atoms with Gasteiger partial charge in [0.05, 0.1) is 4.90 Å². The Kier molecular flexibility index (Phi) is 3.71. The molecule has 0 unspecified atom stereocenters. The highest BCUT2D eigenvalue weighted by atomic mass is 32.2. The minimum atomic E-state index is -3.95. The molecule has 7 heteroatoms. The Hall–Kier alpha value is -2.02. The molecule has 0 bridgehead atoms. The molecule has 106 valence electrons. The Bertz CT molecular complexity index is 738. The fourth-order valence-corrected chi connectivity index (χ4v) is 3.43. The predicted octanol–water partition coefficient (Wildman–Crippen LogP) is 2.78. The van der Waals surface area contributed by atoms with Crippen LogP contribution in [-0.4, -0.2) is 13.4 Å². The number of benzene rings is 1. The lowest BCUT2D eigenvalue weighted by molar-refractivity contribution is 0.584. The van der Waals surface area contributed by atoms with Gasteiger partial charge in [-0.1, -0.05) is 6.07 Å². The van der Waals surface area contributed by atoms with E-state index in [0.717, 1.165) is 18.2 Å². The van der Waals surface area contributed by atoms with Crippen LogP contribution in [0.2, 0.25) is 0 Å². The molecule has 20 heavy (non-hydrogen) atoms. The van der Waals surface area contributed by atoms with E-state index in [1.54, 1.807) is 0 Å². The van der Waals surface area contributed by atoms with Crippen LogP contribution in [0.25, 0.3) is 0 Å². The molecule has 0 saturated heterocycles. The molecular formula is C13H12F2N2O2S. The largest absolute Gasteiger partial charge is 0.263 e. The number of anilines is 1. The number of rotatable bonds is 3. The average Bonchev–Trinajstić information content (AvgIpc) is 2.25. The van der Waals surface area contributed by atoms with Gasteiger partial charge < -0.3 is 0 Å². The Morgan fingerprint density at radius 3 is 2.25 bits per heavy atom. The van der Waals surface area contributed by atoms with Crippen LogP contribution in [0, 0.1) is 25.6 Å². The van der Waals surface area contributed by atoms with Crippen LogP contribution in [-0.2, 0) is 10.0 Å². The number of halogens is 2. The van der Waals surface area contributed by atoms with Crippen molar-refractivity contribution < 1.29 is 17.2 Å². The second-order valence-corrected chi connectivity index (χ2v) is 5.94. The van der Waals surface area contributed by atoms with E-state index in [-0.39, 0.29) is 21.8 Å². The number of pyridine rings is 1. The van der Waals surface area contributed by atoms with Crippen LogP contribution < -0.4 is 4.72 Å². The van der Waals surface area contributed by atoms with Crippen molar-refractivity contribution in [2.75, 3.05) is 4.72 Å². The Labute approximate surface area is 115 Å². The smallest absolute Gasteiger partial charge is 0.263 e. The van der Waals surface area contributed by atoms with E-state index < -0.39 is 21.8 Å². The molecule has 0 fully saturated rings. The molecule has 1 aromatic heterocycles. The highest BCUT2D eigenvalue weighted by Gasteiger charge is 2.21. The number of sulfonamides is 1. The van der Waals surface area contributed by atoms with E-state index in [1.807, 2.05) is 0 Å². The predicted molar refractivity (Wildman–Crippen MR) is 70.9 cm³/mol. The van der Waals surface area contributed by atoms with Gasteiger partial charge >= 0.3 is 0 Å². The van der Waals surface area contributed by atoms with Crippen molar-refractivity contribution >= 4 is 15.8 Å². The van der Waals surface area contributed by atoms with Crippen molar-refractivity contribution in [1.29, 1.82) is 0 Å². The molecule has 0 spiro atoms. The average molecular weight is 298 g/mol. The molecule has 0 aliphatic rings. The number of hydrogen-bond acceptors (Lipinski definition) is 3. The van der Waals surface area contributed by atoms with Crippen LogP contribution in [0.3, 0.4) is 0 Å². The SMILES string of the molecule is Cc1cc(F)cc(C)c1S(=O)(=O)Nc1cccc(F)n1. The van der Waals surface area contributed by atoms with Gasteiger partial charge in [-0.2, -0.15) is 4.39 Å². The molecule has 0 radical (unpaired) electrons. The van der Waals surface area contributed by atoms with Crippen molar-refractivity contribution in [3.05, 3.63) is 53.2 Å². The number of nitrogens with one attached hydrogen (secondary N) is 1. The standard InChI is InChI=1S/C13H12F2N2O2S/c1-8-6-10(14)7-9(2)13(8)20(18,19)17-12-5-3-4-11(15)16-12/h3-7H,1-2H3,(H,16,17). The topological polar surface area (TPSA) is 59.1 Å². The van der Waals surface area contributed by atoms with Crippen molar-refractivity contribution in [3.8, 4) is 0 Å². The van der Waals surface area contributed by atoms with Crippen LogP contribution in [0.5, 0.6) is 0 Å². The van der Waals surface area contributed by atoms with E-state index in [9.17, 15) is 17.2 Å². The molecular weight excluding hydrogens is 286 g/mol. The maximum Gasteiger partial charge on any atom is 0.263 e. The third-order valence-corrected chi connectivity index (χ3v) is 4.31. The first-order valence-electron chi connectivity index (χ1n) is 5.72. The van der Waals surface area contributed by atoms with Gasteiger partial charge in [-0.05, 0) is 49.2 Å². The summed E-state index contributed by atoms with van der Waals surface area (Å²) < 4.78 is 52.9. The van der Waals surface area contributed by atoms with Gasteiger partial charge in [0.25, 0.3) is 10.0 Å². The van der Waals surface area contributed by atoms with E-state index in [4.69, 9.17) is 0 Å². The maximum absolute atomic E-state index is 13.2. The summed E-state index contributed by atoms with van der Waals surface area (Å²) in [4.78, 5) is 3.39. The first kappa shape index (κ1) is 14.4. The Balaban J connectivity index is 2.46. The van der Waals surface area contributed by atoms with Gasteiger partial charge in [0, 0.05) is 0 Å². The zero-order valence-corrected chi connectivity index (χ0v) is 11.6. The lowest BCUT2D eigenvalue weighted by Crippen LogP contribution is -2.17. The first-order chi connectivity index (χ1) is 9.29. The quantitative estimate of drug-likeness (QED) is 0.886. The molecule has 2 aromatic rings. The number of aromatic nitrogens is 1. The van der Waals surface area contributed by atoms with Crippen LogP contribution in [0.15, 0.2) is 35.2 Å². The second-order valence-electron chi connectivity index (χ2n) is 4.32. The monoisotopic (exact) mass is 298 g/mol. The summed E-state index contributed by atoms with van der Waals surface area (Å²) in [6.45, 7) is 2.98. The number of aryl methyl sites for hydroxylation is 2. The summed E-state index contributed by atoms with van der Waals surface area (Å²) in [5.74, 6) is -1.44. The summed E-state index contributed by atoms with van der Waals surface area (Å²) in [6.07, 6.45) is 0. The molecule has 1 aromatic carbocycles. The molecule has 0 atom stereocenters. The zero-order valence-electron chi connectivity index (χ0n) is 10.8. The molecule has 0 aliphatic carbocycles. The van der Waals surface area contributed by atoms with Gasteiger partial charge in [0.1, 0.15) is 11.6 Å². The number of nitrogens with zero attached hydrogens (tertiary/aromatic N) is 1. The highest BCUT2D eigenvalue weighted by molar-refractivity contribution is 7.92. The molecule has 4 nitrogen and oxygen atoms in total. The second kappa shape index (κ2) is 5.16. The molecule has 2 rings (SSSR count). The van der Waals surface area contributed by atoms with Crippen molar-refractivity contribution in [2.45, 2.75) is 18.7 Å².